The maximum Gasteiger partial charge on any atom is 0.103 e. The van der Waals surface area contributed by atoms with Gasteiger partial charge in [0.25, 0.3) is 0 Å². The molecule has 2 heterocycles. The van der Waals surface area contributed by atoms with Gasteiger partial charge in [-0.05, 0) is 6.42 Å². The van der Waals surface area contributed by atoms with Crippen LogP contribution < -0.4 is 0 Å². The Kier molecular flexibility index (Phi) is 1.98. The Morgan fingerprint density at radius 2 is 2.33 bits per heavy atom. The second-order valence-corrected chi connectivity index (χ2v) is 3.95. The molecule has 0 spiro atoms. The van der Waals surface area contributed by atoms with Crippen LogP contribution in [-0.4, -0.2) is 9.97 Å². The van der Waals surface area contributed by atoms with Gasteiger partial charge in [-0.25, -0.2) is 4.98 Å². The van der Waals surface area contributed by atoms with E-state index in [-0.39, 0.29) is 0 Å². The monoisotopic (exact) mass is 198 g/mol. The molecule has 0 aromatic carbocycles. The van der Waals surface area contributed by atoms with Crippen LogP contribution in [-0.2, 0) is 6.42 Å². The van der Waals surface area contributed by atoms with Crippen LogP contribution in [0.25, 0.3) is 10.2 Å². The molecule has 0 fully saturated rings. The van der Waals surface area contributed by atoms with Gasteiger partial charge in [0.1, 0.15) is 5.52 Å². The summed E-state index contributed by atoms with van der Waals surface area (Å²) in [5.41, 5.74) is 0.883. The Balaban J connectivity index is 2.74. The molecule has 2 nitrogen and oxygen atoms in total. The van der Waals surface area contributed by atoms with Gasteiger partial charge < -0.3 is 0 Å². The zero-order chi connectivity index (χ0) is 8.55. The van der Waals surface area contributed by atoms with Crippen molar-refractivity contribution in [1.82, 2.24) is 9.97 Å². The number of pyridine rings is 1. The third-order valence-electron chi connectivity index (χ3n) is 1.61. The van der Waals surface area contributed by atoms with Gasteiger partial charge in [-0.15, -0.1) is 11.3 Å². The van der Waals surface area contributed by atoms with Crippen LogP contribution in [0.2, 0.25) is 5.02 Å². The Labute approximate surface area is 79.2 Å². The highest BCUT2D eigenvalue weighted by molar-refractivity contribution is 7.18. The summed E-state index contributed by atoms with van der Waals surface area (Å²) in [6.45, 7) is 2.08. The molecule has 0 atom stereocenters. The number of thiazole rings is 1. The first kappa shape index (κ1) is 7.95. The van der Waals surface area contributed by atoms with Crippen LogP contribution in [0.3, 0.4) is 0 Å². The van der Waals surface area contributed by atoms with Gasteiger partial charge in [0, 0.05) is 12.4 Å². The van der Waals surface area contributed by atoms with Crippen LogP contribution in [0.4, 0.5) is 0 Å². The van der Waals surface area contributed by atoms with Crippen molar-refractivity contribution in [2.24, 2.45) is 0 Å². The van der Waals surface area contributed by atoms with Crippen molar-refractivity contribution < 1.29 is 0 Å². The Bertz CT molecular complexity index is 410. The molecule has 2 aromatic rings. The fraction of sp³-hybridized carbons (Fsp3) is 0.250. The molecule has 62 valence electrons. The lowest BCUT2D eigenvalue weighted by molar-refractivity contribution is 1.11. The fourth-order valence-corrected chi connectivity index (χ4v) is 2.18. The standard InChI is InChI=1S/C8H7ClN2S/c1-2-7-11-8-5(9)3-10-4-6(8)12-7/h3-4H,2H2,1H3. The van der Waals surface area contributed by atoms with Crippen LogP contribution in [0.5, 0.6) is 0 Å². The molecule has 0 aliphatic carbocycles. The Hall–Kier alpha value is -0.670. The summed E-state index contributed by atoms with van der Waals surface area (Å²) in [7, 11) is 0. The SMILES string of the molecule is CCc1nc2c(Cl)cncc2s1. The molecular weight excluding hydrogens is 192 g/mol. The van der Waals surface area contributed by atoms with Crippen molar-refractivity contribution >= 4 is 33.2 Å². The summed E-state index contributed by atoms with van der Waals surface area (Å²) in [5.74, 6) is 0. The first-order valence-electron chi connectivity index (χ1n) is 3.70. The summed E-state index contributed by atoms with van der Waals surface area (Å²) in [5, 5.41) is 1.75. The second kappa shape index (κ2) is 2.99. The van der Waals surface area contributed by atoms with Crippen molar-refractivity contribution in [2.45, 2.75) is 13.3 Å². The first-order valence-corrected chi connectivity index (χ1v) is 4.89. The Morgan fingerprint density at radius 1 is 1.50 bits per heavy atom. The molecule has 0 N–H and O–H groups in total. The molecule has 2 rings (SSSR count). The summed E-state index contributed by atoms with van der Waals surface area (Å²) >= 11 is 7.56. The van der Waals surface area contributed by atoms with Crippen molar-refractivity contribution in [1.29, 1.82) is 0 Å². The topological polar surface area (TPSA) is 25.8 Å². The van der Waals surface area contributed by atoms with E-state index in [4.69, 9.17) is 11.6 Å². The van der Waals surface area contributed by atoms with Crippen molar-refractivity contribution in [3.63, 3.8) is 0 Å². The first-order chi connectivity index (χ1) is 5.81. The number of hydrogen-bond acceptors (Lipinski definition) is 3. The third-order valence-corrected chi connectivity index (χ3v) is 3.02. The molecule has 12 heavy (non-hydrogen) atoms. The van der Waals surface area contributed by atoms with Crippen LogP contribution in [0, 0.1) is 0 Å². The predicted octanol–water partition coefficient (Wildman–Crippen LogP) is 2.91. The van der Waals surface area contributed by atoms with Crippen molar-refractivity contribution in [3.8, 4) is 0 Å². The van der Waals surface area contributed by atoms with E-state index in [2.05, 4.69) is 16.9 Å². The molecule has 0 bridgehead atoms. The van der Waals surface area contributed by atoms with E-state index < -0.39 is 0 Å². The molecule has 0 saturated heterocycles. The molecule has 0 saturated carbocycles. The number of halogens is 1. The number of aromatic nitrogens is 2. The van der Waals surface area contributed by atoms with E-state index in [9.17, 15) is 0 Å². The van der Waals surface area contributed by atoms with Crippen molar-refractivity contribution in [2.75, 3.05) is 0 Å². The van der Waals surface area contributed by atoms with Gasteiger partial charge in [-0.1, -0.05) is 18.5 Å². The number of nitrogens with zero attached hydrogens (tertiary/aromatic N) is 2. The van der Waals surface area contributed by atoms with Gasteiger partial charge in [0.2, 0.25) is 0 Å². The average molecular weight is 199 g/mol. The summed E-state index contributed by atoms with van der Waals surface area (Å²) in [4.78, 5) is 8.38. The molecular formula is C8H7ClN2S. The fourth-order valence-electron chi connectivity index (χ4n) is 1.02. The summed E-state index contributed by atoms with van der Waals surface area (Å²) < 4.78 is 1.07. The van der Waals surface area contributed by atoms with E-state index in [0.717, 1.165) is 21.6 Å². The number of fused-ring (bicyclic) bond motifs is 1. The van der Waals surface area contributed by atoms with E-state index in [1.807, 2.05) is 0 Å². The molecule has 2 aromatic heterocycles. The van der Waals surface area contributed by atoms with Crippen molar-refractivity contribution in [3.05, 3.63) is 22.4 Å². The maximum absolute atomic E-state index is 5.91. The molecule has 0 radical (unpaired) electrons. The third kappa shape index (κ3) is 1.19. The quantitative estimate of drug-likeness (QED) is 0.704. The van der Waals surface area contributed by atoms with Crippen LogP contribution >= 0.6 is 22.9 Å². The molecule has 0 aliphatic heterocycles. The lowest BCUT2D eigenvalue weighted by Crippen LogP contribution is -1.76. The minimum Gasteiger partial charge on any atom is -0.262 e. The van der Waals surface area contributed by atoms with E-state index in [1.165, 1.54) is 0 Å². The van der Waals surface area contributed by atoms with Gasteiger partial charge >= 0.3 is 0 Å². The van der Waals surface area contributed by atoms with Crippen LogP contribution in [0.15, 0.2) is 12.4 Å². The van der Waals surface area contributed by atoms with E-state index in [1.54, 1.807) is 23.7 Å². The summed E-state index contributed by atoms with van der Waals surface area (Å²) in [6.07, 6.45) is 4.39. The predicted molar refractivity (Wildman–Crippen MR) is 51.8 cm³/mol. The number of aryl methyl sites for hydroxylation is 1. The van der Waals surface area contributed by atoms with Gasteiger partial charge in [-0.3, -0.25) is 4.98 Å². The minimum atomic E-state index is 0.642. The summed E-state index contributed by atoms with van der Waals surface area (Å²) in [6, 6.07) is 0. The number of hydrogen-bond donors (Lipinski definition) is 0. The largest absolute Gasteiger partial charge is 0.262 e. The van der Waals surface area contributed by atoms with E-state index >= 15 is 0 Å². The highest BCUT2D eigenvalue weighted by atomic mass is 35.5. The zero-order valence-electron chi connectivity index (χ0n) is 6.54. The van der Waals surface area contributed by atoms with E-state index in [0.29, 0.717) is 5.02 Å². The molecule has 0 unspecified atom stereocenters. The molecule has 4 heteroatoms. The highest BCUT2D eigenvalue weighted by Gasteiger charge is 2.04. The molecule has 0 aliphatic rings. The normalized spacial score (nSPS) is 10.8. The average Bonchev–Trinajstić information content (AvgIpc) is 2.49. The van der Waals surface area contributed by atoms with Gasteiger partial charge in [-0.2, -0.15) is 0 Å². The molecule has 0 amide bonds. The van der Waals surface area contributed by atoms with Gasteiger partial charge in [0.15, 0.2) is 0 Å². The highest BCUT2D eigenvalue weighted by Crippen LogP contribution is 2.26. The van der Waals surface area contributed by atoms with Gasteiger partial charge in [0.05, 0.1) is 14.7 Å². The van der Waals surface area contributed by atoms with Crippen LogP contribution in [0.1, 0.15) is 11.9 Å². The Morgan fingerprint density at radius 3 is 3.00 bits per heavy atom. The maximum atomic E-state index is 5.91. The zero-order valence-corrected chi connectivity index (χ0v) is 8.11. The lowest BCUT2D eigenvalue weighted by Gasteiger charge is -1.87. The minimum absolute atomic E-state index is 0.642. The smallest absolute Gasteiger partial charge is 0.103 e. The second-order valence-electron chi connectivity index (χ2n) is 2.43. The number of rotatable bonds is 1. The lowest BCUT2D eigenvalue weighted by atomic mass is 10.4.